The maximum atomic E-state index is 6.02. The monoisotopic (exact) mass is 411 g/mol. The highest BCUT2D eigenvalue weighted by molar-refractivity contribution is 8.00. The summed E-state index contributed by atoms with van der Waals surface area (Å²) < 4.78 is 5.15. The molecule has 0 spiro atoms. The van der Waals surface area contributed by atoms with E-state index in [1.54, 1.807) is 29.5 Å². The Morgan fingerprint density at radius 1 is 1.08 bits per heavy atom. The molecule has 24 heavy (non-hydrogen) atoms. The first-order valence-electron chi connectivity index (χ1n) is 6.62. The van der Waals surface area contributed by atoms with Gasteiger partial charge in [0.25, 0.3) is 0 Å². The van der Waals surface area contributed by atoms with Crippen LogP contribution in [0.3, 0.4) is 0 Å². The molecular weight excluding hydrogens is 405 g/mol. The Morgan fingerprint density at radius 3 is 2.67 bits per heavy atom. The van der Waals surface area contributed by atoms with Crippen molar-refractivity contribution in [1.29, 1.82) is 0 Å². The van der Waals surface area contributed by atoms with Gasteiger partial charge in [-0.05, 0) is 52.9 Å². The molecule has 5 nitrogen and oxygen atoms in total. The first-order valence-corrected chi connectivity index (χ1v) is 9.84. The number of halogens is 2. The molecule has 0 saturated heterocycles. The number of hydrogen-bond acceptors (Lipinski definition) is 7. The van der Waals surface area contributed by atoms with Crippen molar-refractivity contribution in [3.63, 3.8) is 0 Å². The second-order valence-electron chi connectivity index (χ2n) is 4.59. The van der Waals surface area contributed by atoms with Crippen molar-refractivity contribution >= 4 is 57.8 Å². The van der Waals surface area contributed by atoms with E-state index in [9.17, 15) is 0 Å². The fourth-order valence-electron chi connectivity index (χ4n) is 1.95. The number of rotatable bonds is 4. The normalized spacial score (nSPS) is 11.1. The van der Waals surface area contributed by atoms with Gasteiger partial charge in [-0.1, -0.05) is 29.3 Å². The second kappa shape index (κ2) is 6.81. The fraction of sp³-hybridized carbons (Fsp3) is 0. The molecule has 4 aromatic rings. The van der Waals surface area contributed by atoms with Gasteiger partial charge >= 0.3 is 0 Å². The van der Waals surface area contributed by atoms with E-state index in [-0.39, 0.29) is 0 Å². The molecule has 10 heteroatoms. The van der Waals surface area contributed by atoms with E-state index < -0.39 is 0 Å². The van der Waals surface area contributed by atoms with Crippen molar-refractivity contribution in [2.75, 3.05) is 0 Å². The van der Waals surface area contributed by atoms with Crippen LogP contribution in [0.2, 0.25) is 10.0 Å². The first-order chi connectivity index (χ1) is 11.7. The number of benzene rings is 1. The van der Waals surface area contributed by atoms with Crippen molar-refractivity contribution in [3.05, 3.63) is 45.8 Å². The van der Waals surface area contributed by atoms with Gasteiger partial charge in [0.15, 0.2) is 16.0 Å². The van der Waals surface area contributed by atoms with Crippen LogP contribution in [-0.4, -0.2) is 24.5 Å². The number of hydrogen-bond donors (Lipinski definition) is 1. The summed E-state index contributed by atoms with van der Waals surface area (Å²) in [4.78, 5) is 10.00. The van der Waals surface area contributed by atoms with Crippen LogP contribution >= 0.6 is 57.8 Å². The van der Waals surface area contributed by atoms with Crippen molar-refractivity contribution in [1.82, 2.24) is 24.5 Å². The average Bonchev–Trinajstić information content (AvgIpc) is 3.28. The highest BCUT2D eigenvalue weighted by Gasteiger charge is 2.13. The van der Waals surface area contributed by atoms with Crippen LogP contribution in [0, 0.1) is 0 Å². The first kappa shape index (κ1) is 16.0. The van der Waals surface area contributed by atoms with Gasteiger partial charge in [-0.25, -0.2) is 9.97 Å². The summed E-state index contributed by atoms with van der Waals surface area (Å²) in [6.07, 6.45) is 0. The number of nitrogens with zero attached hydrogens (tertiary/aromatic N) is 4. The molecule has 3 heterocycles. The third kappa shape index (κ3) is 3.47. The van der Waals surface area contributed by atoms with Gasteiger partial charge in [0.1, 0.15) is 0 Å². The summed E-state index contributed by atoms with van der Waals surface area (Å²) in [6, 6.07) is 9.21. The summed E-state index contributed by atoms with van der Waals surface area (Å²) in [5.41, 5.74) is 0.781. The molecule has 0 aliphatic heterocycles. The zero-order valence-corrected chi connectivity index (χ0v) is 15.7. The Kier molecular flexibility index (Phi) is 4.55. The third-order valence-electron chi connectivity index (χ3n) is 2.93. The molecular formula is C14H7Cl2N5S3. The zero-order valence-electron chi connectivity index (χ0n) is 11.7. The lowest BCUT2D eigenvalue weighted by atomic mass is 10.2. The summed E-state index contributed by atoms with van der Waals surface area (Å²) >= 11 is 16.3. The Hall–Kier alpha value is -1.45. The molecule has 1 aromatic carbocycles. The van der Waals surface area contributed by atoms with Crippen LogP contribution in [0.1, 0.15) is 0 Å². The van der Waals surface area contributed by atoms with Crippen LogP contribution in [0.15, 0.2) is 45.2 Å². The Labute approximate surface area is 159 Å². The SMILES string of the molecule is Clc1cc(Cl)cc(-c2nc(Sc3nc(-c4cccs4)ns3)n[nH]2)c1. The Morgan fingerprint density at radius 2 is 1.92 bits per heavy atom. The minimum atomic E-state index is 0.549. The minimum absolute atomic E-state index is 0.549. The standard InChI is InChI=1S/C14H7Cl2N5S3/c15-8-4-7(5-9(16)6-8)11-17-13(20-19-11)23-14-18-12(21-24-14)10-2-1-3-22-10/h1-6H,(H,17,19,20). The number of aromatic amines is 1. The van der Waals surface area contributed by atoms with Crippen molar-refractivity contribution in [2.24, 2.45) is 0 Å². The van der Waals surface area contributed by atoms with E-state index in [0.29, 0.717) is 21.0 Å². The van der Waals surface area contributed by atoms with E-state index in [4.69, 9.17) is 23.2 Å². The Balaban J connectivity index is 1.55. The number of nitrogens with one attached hydrogen (secondary N) is 1. The largest absolute Gasteiger partial charge is 0.258 e. The summed E-state index contributed by atoms with van der Waals surface area (Å²) in [6.45, 7) is 0. The maximum absolute atomic E-state index is 6.02. The molecule has 1 N–H and O–H groups in total. The molecule has 4 rings (SSSR count). The van der Waals surface area contributed by atoms with Crippen molar-refractivity contribution < 1.29 is 0 Å². The predicted octanol–water partition coefficient (Wildman–Crippen LogP) is 5.51. The molecule has 0 atom stereocenters. The number of thiophene rings is 1. The van der Waals surface area contributed by atoms with Gasteiger partial charge in [0.2, 0.25) is 5.16 Å². The lowest BCUT2D eigenvalue weighted by Crippen LogP contribution is -1.81. The second-order valence-corrected chi connectivity index (χ2v) is 8.37. The number of aromatic nitrogens is 5. The summed E-state index contributed by atoms with van der Waals surface area (Å²) in [5, 5.41) is 10.8. The van der Waals surface area contributed by atoms with Crippen LogP contribution in [0.4, 0.5) is 0 Å². The van der Waals surface area contributed by atoms with Crippen LogP contribution in [-0.2, 0) is 0 Å². The quantitative estimate of drug-likeness (QED) is 0.479. The van der Waals surface area contributed by atoms with E-state index in [2.05, 4.69) is 24.5 Å². The lowest BCUT2D eigenvalue weighted by Gasteiger charge is -1.98. The van der Waals surface area contributed by atoms with Gasteiger partial charge in [-0.2, -0.15) is 4.37 Å². The van der Waals surface area contributed by atoms with Gasteiger partial charge < -0.3 is 0 Å². The fourth-order valence-corrected chi connectivity index (χ4v) is 4.62. The van der Waals surface area contributed by atoms with E-state index >= 15 is 0 Å². The van der Waals surface area contributed by atoms with E-state index in [1.807, 2.05) is 17.5 Å². The third-order valence-corrected chi connectivity index (χ3v) is 5.85. The number of H-pyrrole nitrogens is 1. The smallest absolute Gasteiger partial charge is 0.215 e. The molecule has 0 radical (unpaired) electrons. The lowest BCUT2D eigenvalue weighted by molar-refractivity contribution is 0.972. The molecule has 3 aromatic heterocycles. The highest BCUT2D eigenvalue weighted by Crippen LogP contribution is 2.32. The van der Waals surface area contributed by atoms with Gasteiger partial charge in [0, 0.05) is 15.6 Å². The van der Waals surface area contributed by atoms with Crippen LogP contribution in [0.5, 0.6) is 0 Å². The van der Waals surface area contributed by atoms with Crippen LogP contribution in [0.25, 0.3) is 22.1 Å². The zero-order chi connectivity index (χ0) is 16.5. The van der Waals surface area contributed by atoms with Crippen molar-refractivity contribution in [2.45, 2.75) is 9.50 Å². The van der Waals surface area contributed by atoms with Gasteiger partial charge in [0.05, 0.1) is 4.88 Å². The highest BCUT2D eigenvalue weighted by atomic mass is 35.5. The average molecular weight is 412 g/mol. The minimum Gasteiger partial charge on any atom is -0.258 e. The predicted molar refractivity (Wildman–Crippen MR) is 99.2 cm³/mol. The summed E-state index contributed by atoms with van der Waals surface area (Å²) in [5.74, 6) is 1.33. The summed E-state index contributed by atoms with van der Waals surface area (Å²) in [7, 11) is 0. The molecule has 0 unspecified atom stereocenters. The molecule has 0 saturated carbocycles. The van der Waals surface area contributed by atoms with E-state index in [0.717, 1.165) is 20.6 Å². The molecule has 120 valence electrons. The van der Waals surface area contributed by atoms with Crippen LogP contribution < -0.4 is 0 Å². The maximum Gasteiger partial charge on any atom is 0.215 e. The molecule has 0 aliphatic rings. The topological polar surface area (TPSA) is 67.3 Å². The molecule has 0 fully saturated rings. The molecule has 0 amide bonds. The van der Waals surface area contributed by atoms with E-state index in [1.165, 1.54) is 23.3 Å². The van der Waals surface area contributed by atoms with Gasteiger partial charge in [-0.15, -0.1) is 16.4 Å². The molecule has 0 bridgehead atoms. The Bertz CT molecular complexity index is 960. The molecule has 0 aliphatic carbocycles. The van der Waals surface area contributed by atoms with Crippen molar-refractivity contribution in [3.8, 4) is 22.1 Å². The van der Waals surface area contributed by atoms with Gasteiger partial charge in [-0.3, -0.25) is 5.10 Å².